The van der Waals surface area contributed by atoms with Gasteiger partial charge >= 0.3 is 0 Å². The van der Waals surface area contributed by atoms with Crippen molar-refractivity contribution in [2.45, 2.75) is 32.7 Å². The van der Waals surface area contributed by atoms with Crippen molar-refractivity contribution in [3.05, 3.63) is 59.7 Å². The zero-order valence-electron chi connectivity index (χ0n) is 14.4. The predicted molar refractivity (Wildman–Crippen MR) is 107 cm³/mol. The number of aromatic nitrogens is 1. The van der Waals surface area contributed by atoms with Gasteiger partial charge in [0.25, 0.3) is 0 Å². The maximum Gasteiger partial charge on any atom is 0.244 e. The number of fused-ring (bicyclic) bond motifs is 1. The summed E-state index contributed by atoms with van der Waals surface area (Å²) in [6.45, 7) is 4.89. The monoisotopic (exact) mass is 372 g/mol. The van der Waals surface area contributed by atoms with E-state index in [4.69, 9.17) is 11.6 Å². The van der Waals surface area contributed by atoms with Gasteiger partial charge in [-0.2, -0.15) is 0 Å². The lowest BCUT2D eigenvalue weighted by Gasteiger charge is -2.18. The first-order valence-corrected chi connectivity index (χ1v) is 9.78. The van der Waals surface area contributed by atoms with Crippen LogP contribution < -0.4 is 4.90 Å². The van der Waals surface area contributed by atoms with Crippen molar-refractivity contribution in [3.8, 4) is 0 Å². The molecule has 3 aromatic rings. The molecule has 0 saturated carbocycles. The summed E-state index contributed by atoms with van der Waals surface area (Å²) in [4.78, 5) is 18.7. The Labute approximate surface area is 157 Å². The van der Waals surface area contributed by atoms with Crippen LogP contribution in [0.25, 0.3) is 10.2 Å². The van der Waals surface area contributed by atoms with Crippen LogP contribution in [0.1, 0.15) is 37.3 Å². The number of carbonyl (C=O) groups excluding carboxylic acids is 1. The third-order valence-electron chi connectivity index (χ3n) is 4.41. The number of hydrogen-bond acceptors (Lipinski definition) is 3. The molecule has 130 valence electrons. The quantitative estimate of drug-likeness (QED) is 0.529. The van der Waals surface area contributed by atoms with Crippen LogP contribution in [-0.4, -0.2) is 16.8 Å². The third kappa shape index (κ3) is 4.02. The topological polar surface area (TPSA) is 33.2 Å². The number of hydrogen-bond donors (Lipinski definition) is 0. The van der Waals surface area contributed by atoms with Crippen LogP contribution in [0.3, 0.4) is 0 Å². The highest BCUT2D eigenvalue weighted by Gasteiger charge is 2.19. The molecule has 0 aliphatic heterocycles. The maximum absolute atomic E-state index is 12.4. The number of alkyl halides is 1. The zero-order valence-corrected chi connectivity index (χ0v) is 16.0. The molecule has 0 bridgehead atoms. The molecule has 1 heterocycles. The Morgan fingerprint density at radius 3 is 2.68 bits per heavy atom. The molecule has 3 rings (SSSR count). The Morgan fingerprint density at radius 2 is 2.00 bits per heavy atom. The van der Waals surface area contributed by atoms with Gasteiger partial charge in [-0.05, 0) is 35.6 Å². The molecule has 0 spiro atoms. The van der Waals surface area contributed by atoms with Crippen molar-refractivity contribution < 1.29 is 4.79 Å². The van der Waals surface area contributed by atoms with E-state index in [2.05, 4.69) is 31.0 Å². The van der Waals surface area contributed by atoms with E-state index in [0.717, 1.165) is 22.2 Å². The number of nitrogens with zero attached hydrogens (tertiary/aromatic N) is 2. The molecule has 0 N–H and O–H groups in total. The lowest BCUT2D eigenvalue weighted by Crippen LogP contribution is -2.31. The van der Waals surface area contributed by atoms with Gasteiger partial charge in [0.2, 0.25) is 5.91 Å². The first-order valence-electron chi connectivity index (χ1n) is 8.43. The zero-order chi connectivity index (χ0) is 17.8. The second-order valence-corrected chi connectivity index (χ2v) is 7.41. The fourth-order valence-corrected chi connectivity index (χ4v) is 3.86. The fourth-order valence-electron chi connectivity index (χ4n) is 2.69. The van der Waals surface area contributed by atoms with Crippen LogP contribution in [0, 0.1) is 0 Å². The van der Waals surface area contributed by atoms with E-state index < -0.39 is 0 Å². The summed E-state index contributed by atoms with van der Waals surface area (Å²) in [5.74, 6) is 0.326. The van der Waals surface area contributed by atoms with E-state index in [9.17, 15) is 4.79 Å². The van der Waals surface area contributed by atoms with Gasteiger partial charge in [0.1, 0.15) is 5.88 Å². The summed E-state index contributed by atoms with van der Waals surface area (Å²) in [5, 5.41) is 0.700. The molecule has 0 aliphatic rings. The third-order valence-corrected chi connectivity index (χ3v) is 5.68. The molecule has 0 fully saturated rings. The van der Waals surface area contributed by atoms with Crippen molar-refractivity contribution in [1.29, 1.82) is 0 Å². The van der Waals surface area contributed by atoms with Gasteiger partial charge in [-0.3, -0.25) is 9.69 Å². The summed E-state index contributed by atoms with van der Waals surface area (Å²) >= 11 is 7.38. The Hall–Kier alpha value is -1.91. The summed E-state index contributed by atoms with van der Waals surface area (Å²) in [5.41, 5.74) is 3.29. The normalized spacial score (nSPS) is 12.3. The van der Waals surface area contributed by atoms with Gasteiger partial charge in [-0.1, -0.05) is 61.6 Å². The fraction of sp³-hybridized carbons (Fsp3) is 0.300. The highest BCUT2D eigenvalue weighted by molar-refractivity contribution is 7.22. The standard InChI is InChI=1S/C20H21ClN2OS/c1-3-14(2)16-9-10-17-18(11-16)25-20(22-17)23(19(24)12-21)13-15-7-5-4-6-8-15/h4-11,14H,3,12-13H2,1-2H3/t14-/m1/s1. The van der Waals surface area contributed by atoms with E-state index in [1.165, 1.54) is 5.56 Å². The molecule has 5 heteroatoms. The first kappa shape index (κ1) is 17.9. The van der Waals surface area contributed by atoms with Crippen LogP contribution in [-0.2, 0) is 11.3 Å². The van der Waals surface area contributed by atoms with Gasteiger partial charge in [0.15, 0.2) is 5.13 Å². The van der Waals surface area contributed by atoms with Gasteiger partial charge in [0, 0.05) is 0 Å². The second-order valence-electron chi connectivity index (χ2n) is 6.13. The average Bonchev–Trinajstić information content (AvgIpc) is 3.08. The summed E-state index contributed by atoms with van der Waals surface area (Å²) in [7, 11) is 0. The molecule has 1 aromatic heterocycles. The molecular weight excluding hydrogens is 352 g/mol. The van der Waals surface area contributed by atoms with Crippen molar-refractivity contribution in [3.63, 3.8) is 0 Å². The number of rotatable bonds is 6. The minimum absolute atomic E-state index is 0.0547. The van der Waals surface area contributed by atoms with Crippen molar-refractivity contribution in [2.24, 2.45) is 0 Å². The van der Waals surface area contributed by atoms with Gasteiger partial charge < -0.3 is 0 Å². The Morgan fingerprint density at radius 1 is 1.24 bits per heavy atom. The molecule has 0 aliphatic carbocycles. The minimum Gasteiger partial charge on any atom is -0.283 e. The van der Waals surface area contributed by atoms with Crippen molar-refractivity contribution >= 4 is 44.2 Å². The number of anilines is 1. The summed E-state index contributed by atoms with van der Waals surface area (Å²) < 4.78 is 1.10. The Kier molecular flexibility index (Phi) is 5.71. The van der Waals surface area contributed by atoms with Gasteiger partial charge in [-0.25, -0.2) is 4.98 Å². The van der Waals surface area contributed by atoms with E-state index in [1.807, 2.05) is 36.4 Å². The number of thiazole rings is 1. The van der Waals surface area contributed by atoms with Crippen LogP contribution in [0.15, 0.2) is 48.5 Å². The highest BCUT2D eigenvalue weighted by Crippen LogP contribution is 2.32. The van der Waals surface area contributed by atoms with E-state index >= 15 is 0 Å². The molecule has 0 radical (unpaired) electrons. The predicted octanol–water partition coefficient (Wildman–Crippen LogP) is 5.58. The second kappa shape index (κ2) is 7.98. The smallest absolute Gasteiger partial charge is 0.244 e. The molecule has 2 aromatic carbocycles. The highest BCUT2D eigenvalue weighted by atomic mass is 35.5. The van der Waals surface area contributed by atoms with E-state index in [0.29, 0.717) is 17.6 Å². The van der Waals surface area contributed by atoms with Gasteiger partial charge in [-0.15, -0.1) is 11.6 Å². The minimum atomic E-state index is -0.133. The number of carbonyl (C=O) groups is 1. The van der Waals surface area contributed by atoms with Crippen molar-refractivity contribution in [2.75, 3.05) is 10.8 Å². The van der Waals surface area contributed by atoms with E-state index in [-0.39, 0.29) is 11.8 Å². The molecule has 3 nitrogen and oxygen atoms in total. The largest absolute Gasteiger partial charge is 0.283 e. The number of amides is 1. The van der Waals surface area contributed by atoms with Crippen LogP contribution >= 0.6 is 22.9 Å². The van der Waals surface area contributed by atoms with Crippen LogP contribution in [0.4, 0.5) is 5.13 Å². The van der Waals surface area contributed by atoms with Crippen LogP contribution in [0.2, 0.25) is 0 Å². The first-order chi connectivity index (χ1) is 12.1. The summed E-state index contributed by atoms with van der Waals surface area (Å²) in [6, 6.07) is 16.3. The molecule has 25 heavy (non-hydrogen) atoms. The van der Waals surface area contributed by atoms with Crippen LogP contribution in [0.5, 0.6) is 0 Å². The van der Waals surface area contributed by atoms with E-state index in [1.54, 1.807) is 16.2 Å². The SMILES string of the molecule is CC[C@@H](C)c1ccc2nc(N(Cc3ccccc3)C(=O)CCl)sc2c1. The maximum atomic E-state index is 12.4. The number of benzene rings is 2. The molecule has 1 atom stereocenters. The summed E-state index contributed by atoms with van der Waals surface area (Å²) in [6.07, 6.45) is 1.10. The molecule has 1 amide bonds. The van der Waals surface area contributed by atoms with Crippen molar-refractivity contribution in [1.82, 2.24) is 4.98 Å². The molecule has 0 unspecified atom stereocenters. The Balaban J connectivity index is 1.96. The molecular formula is C20H21ClN2OS. The Bertz CT molecular complexity index is 863. The average molecular weight is 373 g/mol. The van der Waals surface area contributed by atoms with Gasteiger partial charge in [0.05, 0.1) is 16.8 Å². The number of halogens is 1. The lowest BCUT2D eigenvalue weighted by atomic mass is 9.99. The molecule has 0 saturated heterocycles. The lowest BCUT2D eigenvalue weighted by molar-refractivity contribution is -0.116.